The van der Waals surface area contributed by atoms with Gasteiger partial charge >= 0.3 is 5.97 Å². The average molecular weight is 454 g/mol. The molecule has 0 radical (unpaired) electrons. The quantitative estimate of drug-likeness (QED) is 0.405. The zero-order chi connectivity index (χ0) is 23.5. The van der Waals surface area contributed by atoms with Gasteiger partial charge in [-0.15, -0.1) is 0 Å². The first-order valence-electron chi connectivity index (χ1n) is 11.7. The van der Waals surface area contributed by atoms with E-state index in [1.165, 1.54) is 6.07 Å². The van der Waals surface area contributed by atoms with Crippen LogP contribution in [0, 0.1) is 6.92 Å². The van der Waals surface area contributed by atoms with Gasteiger partial charge in [-0.25, -0.2) is 4.79 Å². The Morgan fingerprint density at radius 2 is 1.88 bits per heavy atom. The second-order valence-corrected chi connectivity index (χ2v) is 8.33. The highest BCUT2D eigenvalue weighted by Crippen LogP contribution is 2.56. The number of furan rings is 1. The van der Waals surface area contributed by atoms with Gasteiger partial charge in [-0.05, 0) is 63.7 Å². The maximum absolute atomic E-state index is 13.3. The summed E-state index contributed by atoms with van der Waals surface area (Å²) in [4.78, 5) is 28.0. The minimum absolute atomic E-state index is 0.0268. The second-order valence-electron chi connectivity index (χ2n) is 8.33. The molecule has 176 valence electrons. The van der Waals surface area contributed by atoms with Crippen LogP contribution in [0.4, 0.5) is 0 Å². The molecule has 2 heterocycles. The van der Waals surface area contributed by atoms with E-state index in [2.05, 4.69) is 18.7 Å². The van der Waals surface area contributed by atoms with E-state index >= 15 is 0 Å². The van der Waals surface area contributed by atoms with Gasteiger partial charge in [0.2, 0.25) is 11.2 Å². The van der Waals surface area contributed by atoms with Crippen LogP contribution in [0.15, 0.2) is 44.0 Å². The molecule has 3 aromatic rings. The van der Waals surface area contributed by atoms with Gasteiger partial charge in [0.15, 0.2) is 5.76 Å². The molecule has 0 amide bonds. The van der Waals surface area contributed by atoms with Crippen molar-refractivity contribution < 1.29 is 23.1 Å². The van der Waals surface area contributed by atoms with Gasteiger partial charge < -0.3 is 23.2 Å². The average Bonchev–Trinajstić information content (AvgIpc) is 3.50. The summed E-state index contributed by atoms with van der Waals surface area (Å²) < 4.78 is 23.1. The predicted octanol–water partition coefficient (Wildman–Crippen LogP) is 4.86. The highest BCUT2D eigenvalue weighted by atomic mass is 16.5. The van der Waals surface area contributed by atoms with Crippen molar-refractivity contribution in [2.24, 2.45) is 0 Å². The highest BCUT2D eigenvalue weighted by molar-refractivity contribution is 5.94. The molecule has 0 aliphatic heterocycles. The standard InChI is InChI=1S/C26H31NO6/c1-5-27(6-2)12-13-31-26(29)17-9-11-22-20(14-17)23(28)25(30-7-3)24(33-22)19-15-18(19)21-10-8-16(4)32-21/h8-11,14,18-19H,5-7,12-13,15H2,1-4H3. The minimum Gasteiger partial charge on any atom is -0.487 e. The van der Waals surface area contributed by atoms with Crippen molar-refractivity contribution in [2.75, 3.05) is 32.8 Å². The summed E-state index contributed by atoms with van der Waals surface area (Å²) in [6, 6.07) is 8.74. The van der Waals surface area contributed by atoms with Crippen LogP contribution in [-0.2, 0) is 4.74 Å². The number of rotatable bonds is 10. The SMILES string of the molecule is CCOc1c(C2CC2c2ccc(C)o2)oc2ccc(C(=O)OCCN(CC)CC)cc2c1=O. The second kappa shape index (κ2) is 9.83. The fraction of sp³-hybridized carbons (Fsp3) is 0.462. The van der Waals surface area contributed by atoms with Crippen LogP contribution < -0.4 is 10.2 Å². The van der Waals surface area contributed by atoms with E-state index in [0.29, 0.717) is 42.1 Å². The Hall–Kier alpha value is -3.06. The molecule has 1 aliphatic rings. The van der Waals surface area contributed by atoms with Crippen LogP contribution >= 0.6 is 0 Å². The maximum Gasteiger partial charge on any atom is 0.338 e. The fourth-order valence-electron chi connectivity index (χ4n) is 4.19. The third-order valence-electron chi connectivity index (χ3n) is 6.19. The normalized spacial score (nSPS) is 17.5. The molecular formula is C26H31NO6. The molecule has 1 fully saturated rings. The molecule has 4 rings (SSSR count). The summed E-state index contributed by atoms with van der Waals surface area (Å²) in [7, 11) is 0. The molecule has 7 heteroatoms. The molecule has 33 heavy (non-hydrogen) atoms. The predicted molar refractivity (Wildman–Crippen MR) is 125 cm³/mol. The van der Waals surface area contributed by atoms with E-state index in [1.54, 1.807) is 12.1 Å². The Bertz CT molecular complexity index is 1190. The molecule has 0 spiro atoms. The number of carbonyl (C=O) groups is 1. The lowest BCUT2D eigenvalue weighted by molar-refractivity contribution is 0.0466. The van der Waals surface area contributed by atoms with Gasteiger partial charge in [-0.3, -0.25) is 4.79 Å². The number of aryl methyl sites for hydroxylation is 1. The van der Waals surface area contributed by atoms with Gasteiger partial charge in [-0.1, -0.05) is 13.8 Å². The lowest BCUT2D eigenvalue weighted by Gasteiger charge is -2.17. The highest BCUT2D eigenvalue weighted by Gasteiger charge is 2.46. The van der Waals surface area contributed by atoms with Gasteiger partial charge in [0.05, 0.1) is 17.6 Å². The van der Waals surface area contributed by atoms with Crippen LogP contribution in [0.5, 0.6) is 5.75 Å². The van der Waals surface area contributed by atoms with Crippen molar-refractivity contribution in [3.05, 3.63) is 63.4 Å². The lowest BCUT2D eigenvalue weighted by atomic mass is 10.1. The summed E-state index contributed by atoms with van der Waals surface area (Å²) in [6.07, 6.45) is 0.832. The number of likely N-dealkylation sites (N-methyl/N-ethyl adjacent to an activating group) is 1. The van der Waals surface area contributed by atoms with Crippen molar-refractivity contribution in [2.45, 2.75) is 46.0 Å². The Morgan fingerprint density at radius 3 is 2.55 bits per heavy atom. The van der Waals surface area contributed by atoms with Crippen molar-refractivity contribution in [1.29, 1.82) is 0 Å². The van der Waals surface area contributed by atoms with Gasteiger partial charge in [0.25, 0.3) is 0 Å². The van der Waals surface area contributed by atoms with Crippen molar-refractivity contribution in [3.8, 4) is 5.75 Å². The van der Waals surface area contributed by atoms with Crippen LogP contribution in [0.3, 0.4) is 0 Å². The zero-order valence-electron chi connectivity index (χ0n) is 19.7. The first kappa shape index (κ1) is 23.1. The fourth-order valence-corrected chi connectivity index (χ4v) is 4.19. The number of hydrogen-bond donors (Lipinski definition) is 0. The van der Waals surface area contributed by atoms with Crippen LogP contribution in [-0.4, -0.2) is 43.7 Å². The number of ether oxygens (including phenoxy) is 2. The number of fused-ring (bicyclic) bond motifs is 1. The molecular weight excluding hydrogens is 422 g/mol. The molecule has 7 nitrogen and oxygen atoms in total. The summed E-state index contributed by atoms with van der Waals surface area (Å²) >= 11 is 0. The Balaban J connectivity index is 1.59. The van der Waals surface area contributed by atoms with E-state index in [9.17, 15) is 9.59 Å². The van der Waals surface area contributed by atoms with E-state index < -0.39 is 5.97 Å². The number of carbonyl (C=O) groups excluding carboxylic acids is 1. The largest absolute Gasteiger partial charge is 0.487 e. The molecule has 0 N–H and O–H groups in total. The smallest absolute Gasteiger partial charge is 0.338 e. The number of benzene rings is 1. The topological polar surface area (TPSA) is 82.1 Å². The molecule has 1 aromatic carbocycles. The number of nitrogens with zero attached hydrogens (tertiary/aromatic N) is 1. The van der Waals surface area contributed by atoms with E-state index in [0.717, 1.165) is 31.0 Å². The summed E-state index contributed by atoms with van der Waals surface area (Å²) in [5, 5.41) is 0.312. The maximum atomic E-state index is 13.3. The molecule has 2 atom stereocenters. The molecule has 2 unspecified atom stereocenters. The Labute approximate surface area is 193 Å². The third-order valence-corrected chi connectivity index (χ3v) is 6.19. The molecule has 0 bridgehead atoms. The monoisotopic (exact) mass is 453 g/mol. The summed E-state index contributed by atoms with van der Waals surface area (Å²) in [5.74, 6) is 2.25. The Morgan fingerprint density at radius 1 is 1.09 bits per heavy atom. The number of esters is 1. The van der Waals surface area contributed by atoms with Crippen LogP contribution in [0.1, 0.15) is 66.7 Å². The van der Waals surface area contributed by atoms with Crippen molar-refractivity contribution in [1.82, 2.24) is 4.90 Å². The summed E-state index contributed by atoms with van der Waals surface area (Å²) in [5.41, 5.74) is 0.478. The van der Waals surface area contributed by atoms with E-state index in [-0.39, 0.29) is 23.0 Å². The molecule has 1 aliphatic carbocycles. The zero-order valence-corrected chi connectivity index (χ0v) is 19.7. The van der Waals surface area contributed by atoms with E-state index in [4.69, 9.17) is 18.3 Å². The minimum atomic E-state index is -0.457. The molecule has 2 aromatic heterocycles. The molecule has 0 saturated heterocycles. The molecule has 1 saturated carbocycles. The Kier molecular flexibility index (Phi) is 6.88. The first-order valence-corrected chi connectivity index (χ1v) is 11.7. The van der Waals surface area contributed by atoms with Crippen molar-refractivity contribution >= 4 is 16.9 Å². The number of hydrogen-bond acceptors (Lipinski definition) is 7. The van der Waals surface area contributed by atoms with E-state index in [1.807, 2.05) is 26.0 Å². The van der Waals surface area contributed by atoms with Crippen LogP contribution in [0.2, 0.25) is 0 Å². The first-order chi connectivity index (χ1) is 16.0. The lowest BCUT2D eigenvalue weighted by Crippen LogP contribution is -2.27. The van der Waals surface area contributed by atoms with Crippen LogP contribution in [0.25, 0.3) is 11.0 Å². The third kappa shape index (κ3) is 4.83. The van der Waals surface area contributed by atoms with Gasteiger partial charge in [0.1, 0.15) is 23.7 Å². The summed E-state index contributed by atoms with van der Waals surface area (Å²) in [6.45, 7) is 11.0. The van der Waals surface area contributed by atoms with Crippen molar-refractivity contribution in [3.63, 3.8) is 0 Å². The van der Waals surface area contributed by atoms with Gasteiger partial charge in [0, 0.05) is 18.4 Å². The van der Waals surface area contributed by atoms with Gasteiger partial charge in [-0.2, -0.15) is 0 Å².